The van der Waals surface area contributed by atoms with Crippen molar-refractivity contribution in [2.24, 2.45) is 35.5 Å². The summed E-state index contributed by atoms with van der Waals surface area (Å²) in [6, 6.07) is 0. The first kappa shape index (κ1) is 36.2. The van der Waals surface area contributed by atoms with E-state index in [0.717, 1.165) is 0 Å². The maximum Gasteiger partial charge on any atom is 0.449 e. The summed E-state index contributed by atoms with van der Waals surface area (Å²) in [5.41, 5.74) is -2.55. The molecule has 18 heteroatoms. The normalized spacial score (nSPS) is 44.9. The van der Waals surface area contributed by atoms with Gasteiger partial charge in [0.2, 0.25) is 35.7 Å². The van der Waals surface area contributed by atoms with Gasteiger partial charge in [-0.05, 0) is 64.2 Å². The van der Waals surface area contributed by atoms with E-state index in [1.165, 1.54) is 10.9 Å². The molecule has 12 atom stereocenters. The summed E-state index contributed by atoms with van der Waals surface area (Å²) >= 11 is 0. The Morgan fingerprint density at radius 1 is 0.717 bits per heavy atom. The Hall–Kier alpha value is -2.48. The second-order valence-electron chi connectivity index (χ2n) is 16.6. The number of halogens is 6. The maximum atomic E-state index is 14.7. The summed E-state index contributed by atoms with van der Waals surface area (Å²) in [4.78, 5) is 23.5. The highest BCUT2D eigenvalue weighted by molar-refractivity contribution is 5.30. The molecule has 0 amide bonds. The summed E-state index contributed by atoms with van der Waals surface area (Å²) in [7, 11) is 0. The van der Waals surface area contributed by atoms with Gasteiger partial charge >= 0.3 is 12.4 Å². The van der Waals surface area contributed by atoms with E-state index in [-0.39, 0.29) is 53.7 Å². The molecular weight excluding hydrogens is 720 g/mol. The van der Waals surface area contributed by atoms with Crippen molar-refractivity contribution in [3.8, 4) is 0 Å². The molecule has 8 aliphatic heterocycles. The monoisotopic (exact) mass is 763 g/mol. The van der Waals surface area contributed by atoms with Crippen LogP contribution in [0.2, 0.25) is 0 Å². The third-order valence-corrected chi connectivity index (χ3v) is 13.3. The van der Waals surface area contributed by atoms with Crippen molar-refractivity contribution in [1.29, 1.82) is 0 Å². The van der Waals surface area contributed by atoms with E-state index in [1.54, 1.807) is 13.8 Å². The molecule has 2 saturated carbocycles. The predicted molar refractivity (Wildman–Crippen MR) is 164 cm³/mol. The Bertz CT molecular complexity index is 1700. The highest BCUT2D eigenvalue weighted by Gasteiger charge is 2.72. The topological polar surface area (TPSA) is 114 Å². The molecule has 0 aromatic carbocycles. The van der Waals surface area contributed by atoms with Gasteiger partial charge in [-0.3, -0.25) is 0 Å². The van der Waals surface area contributed by atoms with Crippen LogP contribution in [-0.2, 0) is 56.4 Å². The minimum absolute atomic E-state index is 0.0636. The smallest absolute Gasteiger partial charge is 0.449 e. The third-order valence-electron chi connectivity index (χ3n) is 13.3. The zero-order chi connectivity index (χ0) is 37.3. The molecule has 8 fully saturated rings. The molecule has 2 aliphatic carbocycles. The minimum atomic E-state index is -4.84. The quantitative estimate of drug-likeness (QED) is 0.222. The van der Waals surface area contributed by atoms with E-state index >= 15 is 0 Å². The van der Waals surface area contributed by atoms with E-state index in [1.807, 2.05) is 6.92 Å². The first-order valence-corrected chi connectivity index (χ1v) is 18.5. The molecule has 1 aromatic heterocycles. The summed E-state index contributed by atoms with van der Waals surface area (Å²) in [6.07, 6.45) is -6.72. The van der Waals surface area contributed by atoms with Gasteiger partial charge in [0.1, 0.15) is 5.69 Å². The number of rotatable bonds is 6. The van der Waals surface area contributed by atoms with Crippen LogP contribution in [0.4, 0.5) is 26.3 Å². The molecule has 53 heavy (non-hydrogen) atoms. The second kappa shape index (κ2) is 12.0. The van der Waals surface area contributed by atoms with Crippen molar-refractivity contribution in [2.75, 3.05) is 6.61 Å². The van der Waals surface area contributed by atoms with Crippen molar-refractivity contribution in [3.05, 3.63) is 34.6 Å². The summed E-state index contributed by atoms with van der Waals surface area (Å²) in [5, 5.41) is 8.16. The lowest BCUT2D eigenvalue weighted by Crippen LogP contribution is -2.67. The molecule has 10 aliphatic rings. The minimum Gasteiger partial charge on any atom is -0.456 e. The van der Waals surface area contributed by atoms with Gasteiger partial charge in [-0.2, -0.15) is 26.3 Å². The fraction of sp³-hybridized carbons (Fsp3) is 0.829. The van der Waals surface area contributed by atoms with Gasteiger partial charge in [0.25, 0.3) is 0 Å². The van der Waals surface area contributed by atoms with Gasteiger partial charge in [-0.25, -0.2) is 24.2 Å². The average molecular weight is 764 g/mol. The van der Waals surface area contributed by atoms with Gasteiger partial charge in [-0.15, -0.1) is 5.10 Å². The molecule has 0 unspecified atom stereocenters. The number of hydrogen-bond acceptors (Lipinski definition) is 11. The predicted octanol–water partition coefficient (Wildman–Crippen LogP) is 6.92. The number of nitrogens with zero attached hydrogens (tertiary/aromatic N) is 3. The fourth-order valence-electron chi connectivity index (χ4n) is 10.7. The van der Waals surface area contributed by atoms with Crippen LogP contribution in [0, 0.1) is 35.5 Å². The molecule has 0 N–H and O–H groups in total. The van der Waals surface area contributed by atoms with E-state index in [0.29, 0.717) is 51.4 Å². The van der Waals surface area contributed by atoms with Gasteiger partial charge < -0.3 is 23.7 Å². The van der Waals surface area contributed by atoms with Crippen LogP contribution in [0.3, 0.4) is 0 Å². The molecule has 6 saturated heterocycles. The zero-order valence-corrected chi connectivity index (χ0v) is 29.8. The highest BCUT2D eigenvalue weighted by Crippen LogP contribution is 2.63. The van der Waals surface area contributed by atoms with E-state index in [4.69, 9.17) is 43.2 Å². The maximum absolute atomic E-state index is 14.7. The first-order chi connectivity index (χ1) is 25.0. The number of ether oxygens (including phenoxy) is 5. The van der Waals surface area contributed by atoms with Crippen LogP contribution >= 0.6 is 0 Å². The Kier molecular flexibility index (Phi) is 8.20. The SMILES string of the molecule is C[C@@H]1CC[C@H]2C(COCc3cn(CC4=C(C(F)(F)F)O[C@@H]5O[C@]6(C)CC[C@H]7[C@H](C)CC[C@@H]4[C@@]57OO6)nn3)=C(C(F)(F)F)O[C@@H]3O[C@]4(C)CC[C@@H]1[C@]32OO4. The van der Waals surface area contributed by atoms with Crippen molar-refractivity contribution in [1.82, 2.24) is 15.0 Å². The molecule has 11 rings (SSSR count). The van der Waals surface area contributed by atoms with E-state index < -0.39 is 77.7 Å². The molecular formula is C35H43F6N3O9. The number of allylic oxidation sites excluding steroid dienone is 2. The van der Waals surface area contributed by atoms with Gasteiger partial charge in [0.05, 0.1) is 26.0 Å². The summed E-state index contributed by atoms with van der Waals surface area (Å²) in [5.74, 6) is -6.45. The lowest BCUT2D eigenvalue weighted by Gasteiger charge is -2.57. The van der Waals surface area contributed by atoms with E-state index in [2.05, 4.69) is 17.2 Å². The summed E-state index contributed by atoms with van der Waals surface area (Å²) < 4.78 is 118. The average Bonchev–Trinajstić information content (AvgIpc) is 3.22. The van der Waals surface area contributed by atoms with Crippen LogP contribution in [0.15, 0.2) is 28.9 Å². The lowest BCUT2D eigenvalue weighted by atomic mass is 9.59. The van der Waals surface area contributed by atoms with Gasteiger partial charge in [-0.1, -0.05) is 19.1 Å². The third kappa shape index (κ3) is 5.51. The molecule has 294 valence electrons. The molecule has 12 nitrogen and oxygen atoms in total. The molecule has 9 heterocycles. The molecule has 4 bridgehead atoms. The Labute approximate surface area is 301 Å². The lowest BCUT2D eigenvalue weighted by molar-refractivity contribution is -0.558. The molecule has 2 spiro atoms. The molecule has 1 aromatic rings. The molecule has 0 radical (unpaired) electrons. The zero-order valence-electron chi connectivity index (χ0n) is 29.8. The van der Waals surface area contributed by atoms with Crippen molar-refractivity contribution in [2.45, 2.75) is 140 Å². The highest BCUT2D eigenvalue weighted by atomic mass is 19.4. The summed E-state index contributed by atoms with van der Waals surface area (Å²) in [6.45, 7) is 6.29. The second-order valence-corrected chi connectivity index (χ2v) is 16.6. The number of alkyl halides is 6. The fourth-order valence-corrected chi connectivity index (χ4v) is 10.7. The van der Waals surface area contributed by atoms with Gasteiger partial charge in [0.15, 0.2) is 11.2 Å². The van der Waals surface area contributed by atoms with Crippen molar-refractivity contribution in [3.63, 3.8) is 0 Å². The number of aromatic nitrogens is 3. The Morgan fingerprint density at radius 2 is 1.23 bits per heavy atom. The standard InChI is InChI=1S/C35H43F6N3O9/c1-17-5-7-24-20(26(34(36,37)38)46-28-32(24)22(17)9-11-30(3,48-28)50-52-32)14-44-13-19(42-43-44)15-45-16-21-25-8-6-18(2)23-10-12-31(4)49-29(33(23,25)53-51-31)47-27(21)35(39,40)41/h13,17-18,22-25,28-29H,5-12,14-16H2,1-4H3/t17-,18-,22+,23+,24+,25+,28-,29-,30+,31+,32-,33-/m1/s1. The van der Waals surface area contributed by atoms with Crippen LogP contribution in [-0.4, -0.2) is 69.3 Å². The van der Waals surface area contributed by atoms with Gasteiger partial charge in [0, 0.05) is 47.7 Å². The van der Waals surface area contributed by atoms with Crippen LogP contribution in [0.1, 0.15) is 84.8 Å². The van der Waals surface area contributed by atoms with Crippen molar-refractivity contribution >= 4 is 0 Å². The van der Waals surface area contributed by atoms with Crippen LogP contribution in [0.25, 0.3) is 0 Å². The first-order valence-electron chi connectivity index (χ1n) is 18.5. The largest absolute Gasteiger partial charge is 0.456 e. The number of hydrogen-bond donors (Lipinski definition) is 0. The van der Waals surface area contributed by atoms with Crippen LogP contribution in [0.5, 0.6) is 0 Å². The van der Waals surface area contributed by atoms with E-state index in [9.17, 15) is 26.3 Å². The Morgan fingerprint density at radius 3 is 1.75 bits per heavy atom. The Balaban J connectivity index is 0.968. The van der Waals surface area contributed by atoms with Crippen LogP contribution < -0.4 is 0 Å². The number of fused-ring (bicyclic) bond motifs is 4. The van der Waals surface area contributed by atoms with Crippen molar-refractivity contribution < 1.29 is 69.6 Å².